The third-order valence-electron chi connectivity index (χ3n) is 6.66. The van der Waals surface area contributed by atoms with Gasteiger partial charge in [-0.05, 0) is 80.4 Å². The van der Waals surface area contributed by atoms with Crippen molar-refractivity contribution < 1.29 is 14.3 Å². The number of carbonyl (C=O) groups excluding carboxylic acids is 1. The number of rotatable bonds is 7. The predicted octanol–water partition coefficient (Wildman–Crippen LogP) is 4.32. The molecule has 1 amide bonds. The van der Waals surface area contributed by atoms with Crippen molar-refractivity contribution in [2.45, 2.75) is 58.4 Å². The summed E-state index contributed by atoms with van der Waals surface area (Å²) in [6.07, 6.45) is 8.38. The van der Waals surface area contributed by atoms with Crippen LogP contribution >= 0.6 is 0 Å². The smallest absolute Gasteiger partial charge is 0.226 e. The van der Waals surface area contributed by atoms with Gasteiger partial charge in [0.05, 0.1) is 13.7 Å². The fourth-order valence-corrected chi connectivity index (χ4v) is 5.91. The van der Waals surface area contributed by atoms with E-state index in [1.165, 1.54) is 19.3 Å². The van der Waals surface area contributed by atoms with Gasteiger partial charge in [0.2, 0.25) is 5.91 Å². The van der Waals surface area contributed by atoms with Gasteiger partial charge in [-0.1, -0.05) is 13.0 Å². The molecule has 1 N–H and O–H groups in total. The van der Waals surface area contributed by atoms with Crippen LogP contribution in [0.1, 0.15) is 57.4 Å². The fraction of sp³-hybridized carbons (Fsp3) is 0.682. The van der Waals surface area contributed by atoms with Crippen LogP contribution in [0.3, 0.4) is 0 Å². The maximum Gasteiger partial charge on any atom is 0.226 e. The minimum absolute atomic E-state index is 0.0803. The van der Waals surface area contributed by atoms with Crippen LogP contribution in [0.25, 0.3) is 0 Å². The Labute approximate surface area is 156 Å². The number of ether oxygens (including phenoxy) is 2. The Morgan fingerprint density at radius 2 is 1.77 bits per heavy atom. The minimum atomic E-state index is -0.0803. The van der Waals surface area contributed by atoms with Gasteiger partial charge in [-0.15, -0.1) is 0 Å². The topological polar surface area (TPSA) is 47.6 Å². The van der Waals surface area contributed by atoms with E-state index < -0.39 is 0 Å². The van der Waals surface area contributed by atoms with Gasteiger partial charge in [0.25, 0.3) is 0 Å². The van der Waals surface area contributed by atoms with Gasteiger partial charge in [-0.3, -0.25) is 4.79 Å². The summed E-state index contributed by atoms with van der Waals surface area (Å²) in [5.74, 6) is 4.17. The molecular formula is C22H31NO3. The first kappa shape index (κ1) is 17.7. The number of benzene rings is 1. The molecule has 4 saturated carbocycles. The third-order valence-corrected chi connectivity index (χ3v) is 6.66. The van der Waals surface area contributed by atoms with Crippen LogP contribution in [-0.4, -0.2) is 19.6 Å². The molecule has 4 heteroatoms. The molecule has 0 heterocycles. The molecule has 4 nitrogen and oxygen atoms in total. The normalized spacial score (nSPS) is 31.7. The highest BCUT2D eigenvalue weighted by molar-refractivity contribution is 5.83. The second kappa shape index (κ2) is 7.13. The number of amides is 1. The molecule has 0 saturated heterocycles. The molecule has 0 aliphatic heterocycles. The highest BCUT2D eigenvalue weighted by atomic mass is 16.5. The molecule has 0 radical (unpaired) electrons. The Balaban J connectivity index is 1.40. The summed E-state index contributed by atoms with van der Waals surface area (Å²) in [6.45, 7) is 3.32. The second-order valence-corrected chi connectivity index (χ2v) is 8.71. The van der Waals surface area contributed by atoms with E-state index in [0.717, 1.165) is 60.5 Å². The molecule has 0 spiro atoms. The van der Waals surface area contributed by atoms with E-state index in [4.69, 9.17) is 9.47 Å². The maximum atomic E-state index is 13.1. The summed E-state index contributed by atoms with van der Waals surface area (Å²) in [7, 11) is 1.66. The van der Waals surface area contributed by atoms with Crippen LogP contribution in [0.4, 0.5) is 0 Å². The van der Waals surface area contributed by atoms with Gasteiger partial charge >= 0.3 is 0 Å². The standard InChI is InChI=1S/C22H31NO3/c1-3-6-26-19-5-4-15(10-20(19)25-2)14-23-21(24)22-11-16-7-17(12-22)9-18(8-16)13-22/h4-5,10,16-18H,3,6-9,11-14H2,1-2H3,(H,23,24). The van der Waals surface area contributed by atoms with E-state index in [1.54, 1.807) is 7.11 Å². The van der Waals surface area contributed by atoms with Gasteiger partial charge in [-0.25, -0.2) is 0 Å². The van der Waals surface area contributed by atoms with Crippen molar-refractivity contribution in [1.82, 2.24) is 5.32 Å². The van der Waals surface area contributed by atoms with Crippen molar-refractivity contribution in [2.24, 2.45) is 23.2 Å². The van der Waals surface area contributed by atoms with Crippen LogP contribution in [0, 0.1) is 23.2 Å². The zero-order chi connectivity index (χ0) is 18.1. The molecule has 5 rings (SSSR count). The largest absolute Gasteiger partial charge is 0.493 e. The van der Waals surface area contributed by atoms with Gasteiger partial charge < -0.3 is 14.8 Å². The van der Waals surface area contributed by atoms with E-state index in [0.29, 0.717) is 13.2 Å². The number of hydrogen-bond acceptors (Lipinski definition) is 3. The van der Waals surface area contributed by atoms with Crippen LogP contribution < -0.4 is 14.8 Å². The molecular weight excluding hydrogens is 326 g/mol. The Hall–Kier alpha value is -1.71. The molecule has 0 atom stereocenters. The van der Waals surface area contributed by atoms with Crippen molar-refractivity contribution in [3.05, 3.63) is 23.8 Å². The first-order chi connectivity index (χ1) is 12.6. The van der Waals surface area contributed by atoms with Gasteiger partial charge in [-0.2, -0.15) is 0 Å². The lowest BCUT2D eigenvalue weighted by Crippen LogP contribution is -2.53. The van der Waals surface area contributed by atoms with Crippen molar-refractivity contribution in [1.29, 1.82) is 0 Å². The van der Waals surface area contributed by atoms with Crippen molar-refractivity contribution in [3.63, 3.8) is 0 Å². The van der Waals surface area contributed by atoms with E-state index in [2.05, 4.69) is 12.2 Å². The highest BCUT2D eigenvalue weighted by Gasteiger charge is 2.54. The Morgan fingerprint density at radius 3 is 2.35 bits per heavy atom. The molecule has 1 aromatic carbocycles. The monoisotopic (exact) mass is 357 g/mol. The van der Waals surface area contributed by atoms with Crippen LogP contribution in [0.5, 0.6) is 11.5 Å². The number of methoxy groups -OCH3 is 1. The average Bonchev–Trinajstić information content (AvgIpc) is 2.63. The maximum absolute atomic E-state index is 13.1. The second-order valence-electron chi connectivity index (χ2n) is 8.71. The summed E-state index contributed by atoms with van der Waals surface area (Å²) in [5, 5.41) is 3.23. The van der Waals surface area contributed by atoms with Crippen molar-refractivity contribution in [3.8, 4) is 11.5 Å². The lowest BCUT2D eigenvalue weighted by molar-refractivity contribution is -0.146. The summed E-state index contributed by atoms with van der Waals surface area (Å²) in [5.41, 5.74) is 0.979. The lowest BCUT2D eigenvalue weighted by atomic mass is 9.49. The Kier molecular flexibility index (Phi) is 4.85. The van der Waals surface area contributed by atoms with Crippen molar-refractivity contribution in [2.75, 3.05) is 13.7 Å². The number of nitrogens with one attached hydrogen (secondary N) is 1. The first-order valence-corrected chi connectivity index (χ1v) is 10.2. The van der Waals surface area contributed by atoms with Crippen LogP contribution in [0.2, 0.25) is 0 Å². The summed E-state index contributed by atoms with van der Waals surface area (Å²) < 4.78 is 11.2. The Bertz CT molecular complexity index is 634. The summed E-state index contributed by atoms with van der Waals surface area (Å²) in [6, 6.07) is 5.94. The zero-order valence-electron chi connectivity index (χ0n) is 16.1. The molecule has 0 aromatic heterocycles. The molecule has 4 fully saturated rings. The van der Waals surface area contributed by atoms with Gasteiger partial charge in [0, 0.05) is 12.0 Å². The third kappa shape index (κ3) is 3.30. The average molecular weight is 357 g/mol. The quantitative estimate of drug-likeness (QED) is 0.791. The lowest BCUT2D eigenvalue weighted by Gasteiger charge is -2.55. The molecule has 1 aromatic rings. The number of carbonyl (C=O) groups is 1. The van der Waals surface area contributed by atoms with E-state index in [9.17, 15) is 4.79 Å². The molecule has 4 aliphatic rings. The molecule has 4 aliphatic carbocycles. The zero-order valence-corrected chi connectivity index (χ0v) is 16.1. The Morgan fingerprint density at radius 1 is 1.12 bits per heavy atom. The van der Waals surface area contributed by atoms with Gasteiger partial charge in [0.1, 0.15) is 0 Å². The van der Waals surface area contributed by atoms with Crippen LogP contribution in [0.15, 0.2) is 18.2 Å². The summed E-state index contributed by atoms with van der Waals surface area (Å²) >= 11 is 0. The van der Waals surface area contributed by atoms with E-state index in [1.807, 2.05) is 18.2 Å². The molecule has 0 unspecified atom stereocenters. The van der Waals surface area contributed by atoms with E-state index >= 15 is 0 Å². The molecule has 4 bridgehead atoms. The minimum Gasteiger partial charge on any atom is -0.493 e. The molecule has 26 heavy (non-hydrogen) atoms. The predicted molar refractivity (Wildman–Crippen MR) is 101 cm³/mol. The van der Waals surface area contributed by atoms with Gasteiger partial charge in [0.15, 0.2) is 11.5 Å². The summed E-state index contributed by atoms with van der Waals surface area (Å²) in [4.78, 5) is 13.1. The van der Waals surface area contributed by atoms with E-state index in [-0.39, 0.29) is 11.3 Å². The number of hydrogen-bond donors (Lipinski definition) is 1. The van der Waals surface area contributed by atoms with Crippen LogP contribution in [-0.2, 0) is 11.3 Å². The van der Waals surface area contributed by atoms with Crippen molar-refractivity contribution >= 4 is 5.91 Å². The first-order valence-electron chi connectivity index (χ1n) is 10.2. The SMILES string of the molecule is CCCOc1ccc(CNC(=O)C23CC4CC(CC(C4)C2)C3)cc1OC. The fourth-order valence-electron chi connectivity index (χ4n) is 5.91. The highest BCUT2D eigenvalue weighted by Crippen LogP contribution is 2.60. The molecule has 142 valence electrons.